The minimum atomic E-state index is -0.174. The van der Waals surface area contributed by atoms with Crippen LogP contribution in [0.25, 0.3) is 0 Å². The second-order valence-corrected chi connectivity index (χ2v) is 11.1. The summed E-state index contributed by atoms with van der Waals surface area (Å²) in [5.74, 6) is 0.805. The number of nitrogens with zero attached hydrogens (tertiary/aromatic N) is 2. The van der Waals surface area contributed by atoms with E-state index in [-0.39, 0.29) is 29.0 Å². The van der Waals surface area contributed by atoms with Gasteiger partial charge in [0.05, 0.1) is 0 Å². The zero-order valence-corrected chi connectivity index (χ0v) is 22.7. The Morgan fingerprint density at radius 3 is 2.14 bits per heavy atom. The minimum absolute atomic E-state index is 0.0936. The number of anilines is 1. The zero-order chi connectivity index (χ0) is 26.4. The van der Waals surface area contributed by atoms with Crippen molar-refractivity contribution in [1.82, 2.24) is 9.88 Å². The van der Waals surface area contributed by atoms with Gasteiger partial charge >= 0.3 is 6.03 Å². The Labute approximate surface area is 221 Å². The molecule has 0 unspecified atom stereocenters. The number of urea groups is 1. The summed E-state index contributed by atoms with van der Waals surface area (Å²) in [7, 11) is 0. The number of hydrogen-bond acceptors (Lipinski definition) is 3. The van der Waals surface area contributed by atoms with E-state index >= 15 is 0 Å². The van der Waals surface area contributed by atoms with Gasteiger partial charge in [-0.1, -0.05) is 83.4 Å². The number of para-hydroxylation sites is 1. The van der Waals surface area contributed by atoms with Gasteiger partial charge in [0.25, 0.3) is 0 Å². The minimum Gasteiger partial charge on any atom is -0.508 e. The van der Waals surface area contributed by atoms with Crippen LogP contribution in [0, 0.1) is 0 Å². The van der Waals surface area contributed by atoms with E-state index in [1.54, 1.807) is 12.1 Å². The highest BCUT2D eigenvalue weighted by Gasteiger charge is 2.38. The summed E-state index contributed by atoms with van der Waals surface area (Å²) in [6.45, 7) is 9.73. The van der Waals surface area contributed by atoms with Crippen LogP contribution in [0.15, 0.2) is 66.9 Å². The van der Waals surface area contributed by atoms with Crippen molar-refractivity contribution in [2.45, 2.75) is 83.6 Å². The van der Waals surface area contributed by atoms with Gasteiger partial charge in [-0.05, 0) is 65.6 Å². The van der Waals surface area contributed by atoms with E-state index in [1.807, 2.05) is 29.3 Å². The fourth-order valence-corrected chi connectivity index (χ4v) is 5.67. The van der Waals surface area contributed by atoms with Crippen LogP contribution in [-0.4, -0.2) is 27.6 Å². The monoisotopic (exact) mass is 499 g/mol. The molecule has 2 aromatic carbocycles. The van der Waals surface area contributed by atoms with Crippen LogP contribution in [0.1, 0.15) is 94.0 Å². The lowest BCUT2D eigenvalue weighted by molar-refractivity contribution is 0.167. The molecule has 196 valence electrons. The second kappa shape index (κ2) is 11.8. The maximum absolute atomic E-state index is 14.1. The fraction of sp³-hybridized carbons (Fsp3) is 0.438. The summed E-state index contributed by atoms with van der Waals surface area (Å²) >= 11 is 0. The SMILES string of the molecule is CC(C)c1cccc(C(C)C)c1NC(=O)N(Cc1ccc(O)cc1)CC1(c2ccccn2)CCCCC1. The molecule has 0 radical (unpaired) electrons. The Morgan fingerprint density at radius 2 is 1.57 bits per heavy atom. The number of carbonyl (C=O) groups excluding carboxylic acids is 1. The second-order valence-electron chi connectivity index (χ2n) is 11.1. The van der Waals surface area contributed by atoms with Crippen LogP contribution in [0.3, 0.4) is 0 Å². The summed E-state index contributed by atoms with van der Waals surface area (Å²) < 4.78 is 0. The van der Waals surface area contributed by atoms with E-state index < -0.39 is 0 Å². The van der Waals surface area contributed by atoms with Crippen molar-refractivity contribution in [1.29, 1.82) is 0 Å². The first kappa shape index (κ1) is 26.7. The van der Waals surface area contributed by atoms with Crippen molar-refractivity contribution in [3.05, 3.63) is 89.2 Å². The molecule has 2 N–H and O–H groups in total. The summed E-state index contributed by atoms with van der Waals surface area (Å²) in [5, 5.41) is 13.2. The smallest absolute Gasteiger partial charge is 0.322 e. The topological polar surface area (TPSA) is 65.5 Å². The van der Waals surface area contributed by atoms with E-state index in [9.17, 15) is 9.90 Å². The molecule has 1 aliphatic rings. The summed E-state index contributed by atoms with van der Waals surface area (Å²) in [4.78, 5) is 20.9. The van der Waals surface area contributed by atoms with Gasteiger partial charge < -0.3 is 15.3 Å². The molecule has 5 nitrogen and oxygen atoms in total. The van der Waals surface area contributed by atoms with Gasteiger partial charge in [0, 0.05) is 36.1 Å². The zero-order valence-electron chi connectivity index (χ0n) is 22.7. The maximum Gasteiger partial charge on any atom is 0.322 e. The molecule has 0 saturated heterocycles. The molecule has 2 amide bonds. The van der Waals surface area contributed by atoms with Gasteiger partial charge in [-0.25, -0.2) is 4.79 Å². The van der Waals surface area contributed by atoms with Gasteiger partial charge in [-0.3, -0.25) is 4.98 Å². The number of aromatic hydroxyl groups is 1. The molecule has 4 rings (SSSR count). The molecule has 37 heavy (non-hydrogen) atoms. The lowest BCUT2D eigenvalue weighted by Gasteiger charge is -2.41. The summed E-state index contributed by atoms with van der Waals surface area (Å²) in [6.07, 6.45) is 7.40. The number of benzene rings is 2. The van der Waals surface area contributed by atoms with Gasteiger partial charge in [0.15, 0.2) is 0 Å². The summed E-state index contributed by atoms with van der Waals surface area (Å²) in [6, 6.07) is 19.5. The molecule has 5 heteroatoms. The van der Waals surface area contributed by atoms with Crippen molar-refractivity contribution in [3.63, 3.8) is 0 Å². The Balaban J connectivity index is 1.71. The number of amides is 2. The largest absolute Gasteiger partial charge is 0.508 e. The Kier molecular flexibility index (Phi) is 8.52. The third kappa shape index (κ3) is 6.33. The number of pyridine rings is 1. The van der Waals surface area contributed by atoms with Gasteiger partial charge in [0.2, 0.25) is 0 Å². The van der Waals surface area contributed by atoms with Crippen LogP contribution in [0.2, 0.25) is 0 Å². The normalized spacial score (nSPS) is 15.1. The predicted octanol–water partition coefficient (Wildman–Crippen LogP) is 7.97. The van der Waals surface area contributed by atoms with Crippen molar-refractivity contribution >= 4 is 11.7 Å². The van der Waals surface area contributed by atoms with Crippen molar-refractivity contribution in [2.75, 3.05) is 11.9 Å². The quantitative estimate of drug-likeness (QED) is 0.330. The molecule has 1 aliphatic carbocycles. The molecule has 0 aliphatic heterocycles. The van der Waals surface area contributed by atoms with Crippen LogP contribution >= 0.6 is 0 Å². The van der Waals surface area contributed by atoms with Gasteiger partial charge in [0.1, 0.15) is 5.75 Å². The van der Waals surface area contributed by atoms with E-state index in [4.69, 9.17) is 4.98 Å². The standard InChI is InChI=1S/C32H41N3O2/c1-23(2)27-11-10-12-28(24(3)4)30(27)34-31(37)35(21-25-14-16-26(36)17-15-25)22-32(18-7-5-8-19-32)29-13-6-9-20-33-29/h6,9-17,20,23-24,36H,5,7-8,18-19,21-22H2,1-4H3,(H,34,37). The highest BCUT2D eigenvalue weighted by Crippen LogP contribution is 2.40. The van der Waals surface area contributed by atoms with Crippen LogP contribution in [-0.2, 0) is 12.0 Å². The maximum atomic E-state index is 14.1. The number of carbonyl (C=O) groups is 1. The van der Waals surface area contributed by atoms with Crippen LogP contribution < -0.4 is 5.32 Å². The van der Waals surface area contributed by atoms with Gasteiger partial charge in [-0.15, -0.1) is 0 Å². The first-order chi connectivity index (χ1) is 17.8. The van der Waals surface area contributed by atoms with Crippen LogP contribution in [0.5, 0.6) is 5.75 Å². The molecule has 0 atom stereocenters. The lowest BCUT2D eigenvalue weighted by atomic mass is 9.71. The molecule has 3 aromatic rings. The van der Waals surface area contributed by atoms with Gasteiger partial charge in [-0.2, -0.15) is 0 Å². The highest BCUT2D eigenvalue weighted by atomic mass is 16.3. The van der Waals surface area contributed by atoms with E-state index in [1.165, 1.54) is 6.42 Å². The third-order valence-electron chi connectivity index (χ3n) is 7.71. The number of rotatable bonds is 8. The average molecular weight is 500 g/mol. The van der Waals surface area contributed by atoms with Crippen molar-refractivity contribution in [2.24, 2.45) is 0 Å². The Hall–Kier alpha value is -3.34. The first-order valence-electron chi connectivity index (χ1n) is 13.7. The van der Waals surface area contributed by atoms with Crippen LogP contribution in [0.4, 0.5) is 10.5 Å². The molecule has 0 bridgehead atoms. The molecule has 1 fully saturated rings. The third-order valence-corrected chi connectivity index (χ3v) is 7.71. The molecular weight excluding hydrogens is 458 g/mol. The molecule has 1 aromatic heterocycles. The Bertz CT molecular complexity index is 1140. The predicted molar refractivity (Wildman–Crippen MR) is 151 cm³/mol. The summed E-state index contributed by atoms with van der Waals surface area (Å²) in [5.41, 5.74) is 5.13. The number of aromatic nitrogens is 1. The molecule has 1 saturated carbocycles. The number of phenols is 1. The molecular formula is C32H41N3O2. The molecule has 0 spiro atoms. The van der Waals surface area contributed by atoms with E-state index in [0.717, 1.165) is 53.8 Å². The van der Waals surface area contributed by atoms with E-state index in [2.05, 4.69) is 63.3 Å². The van der Waals surface area contributed by atoms with E-state index in [0.29, 0.717) is 13.1 Å². The van der Waals surface area contributed by atoms with Crippen molar-refractivity contribution in [3.8, 4) is 5.75 Å². The number of phenolic OH excluding ortho intramolecular Hbond substituents is 1. The number of hydrogen-bond donors (Lipinski definition) is 2. The molecule has 1 heterocycles. The fourth-order valence-electron chi connectivity index (χ4n) is 5.67. The first-order valence-corrected chi connectivity index (χ1v) is 13.7. The van der Waals surface area contributed by atoms with Crippen molar-refractivity contribution < 1.29 is 9.90 Å². The highest BCUT2D eigenvalue weighted by molar-refractivity contribution is 5.91. The Morgan fingerprint density at radius 1 is 0.919 bits per heavy atom. The number of nitrogens with one attached hydrogen (secondary N) is 1. The average Bonchev–Trinajstić information content (AvgIpc) is 2.90. The lowest BCUT2D eigenvalue weighted by Crippen LogP contribution is -2.46.